The van der Waals surface area contributed by atoms with Gasteiger partial charge in [0.25, 0.3) is 0 Å². The molecule has 170 valence electrons. The summed E-state index contributed by atoms with van der Waals surface area (Å²) in [6.07, 6.45) is 2.18. The number of amides is 2. The van der Waals surface area contributed by atoms with Crippen molar-refractivity contribution in [2.75, 3.05) is 19.6 Å². The first-order chi connectivity index (χ1) is 14.7. The molecule has 3 heterocycles. The molecule has 0 unspecified atom stereocenters. The SMILES string of the molecule is CC(=O)N1C[C@@H]2C[C@H]3CN(CC(C)C)[C@@H]([C@@H]2CC(C)C)[C@]31C(=O)NCc1ccccc1. The summed E-state index contributed by atoms with van der Waals surface area (Å²) in [4.78, 5) is 31.5. The van der Waals surface area contributed by atoms with Crippen molar-refractivity contribution in [1.82, 2.24) is 15.1 Å². The molecule has 5 atom stereocenters. The number of fused-ring (bicyclic) bond motifs is 1. The van der Waals surface area contributed by atoms with Crippen molar-refractivity contribution in [3.63, 3.8) is 0 Å². The minimum absolute atomic E-state index is 0.0453. The maximum Gasteiger partial charge on any atom is 0.248 e. The largest absolute Gasteiger partial charge is 0.350 e. The van der Waals surface area contributed by atoms with Gasteiger partial charge in [-0.25, -0.2) is 0 Å². The highest BCUT2D eigenvalue weighted by molar-refractivity contribution is 5.93. The summed E-state index contributed by atoms with van der Waals surface area (Å²) in [5.41, 5.74) is 0.361. The summed E-state index contributed by atoms with van der Waals surface area (Å²) in [5, 5.41) is 3.26. The molecule has 31 heavy (non-hydrogen) atoms. The number of hydrogen-bond acceptors (Lipinski definition) is 3. The highest BCUT2D eigenvalue weighted by Gasteiger charge is 2.71. The van der Waals surface area contributed by atoms with Gasteiger partial charge in [-0.15, -0.1) is 0 Å². The Hall–Kier alpha value is -1.88. The molecule has 1 N–H and O–H groups in total. The Morgan fingerprint density at radius 1 is 1.10 bits per heavy atom. The summed E-state index contributed by atoms with van der Waals surface area (Å²) in [7, 11) is 0. The summed E-state index contributed by atoms with van der Waals surface area (Å²) in [6, 6.07) is 10.2. The lowest BCUT2D eigenvalue weighted by Crippen LogP contribution is -2.77. The van der Waals surface area contributed by atoms with Gasteiger partial charge in [0, 0.05) is 45.1 Å². The lowest BCUT2D eigenvalue weighted by molar-refractivity contribution is -0.173. The van der Waals surface area contributed by atoms with E-state index < -0.39 is 5.54 Å². The third-order valence-electron chi connectivity index (χ3n) is 7.77. The molecular weight excluding hydrogens is 386 g/mol. The highest BCUT2D eigenvalue weighted by atomic mass is 16.2. The van der Waals surface area contributed by atoms with Crippen molar-refractivity contribution in [1.29, 1.82) is 0 Å². The minimum Gasteiger partial charge on any atom is -0.350 e. The van der Waals surface area contributed by atoms with Crippen molar-refractivity contribution in [2.24, 2.45) is 29.6 Å². The van der Waals surface area contributed by atoms with E-state index in [0.29, 0.717) is 30.2 Å². The predicted molar refractivity (Wildman–Crippen MR) is 123 cm³/mol. The van der Waals surface area contributed by atoms with E-state index in [4.69, 9.17) is 0 Å². The molecule has 3 saturated heterocycles. The van der Waals surface area contributed by atoms with E-state index in [2.05, 4.69) is 37.9 Å². The molecule has 4 aliphatic rings. The molecule has 2 amide bonds. The van der Waals surface area contributed by atoms with Gasteiger partial charge in [0.15, 0.2) is 0 Å². The number of benzene rings is 1. The molecule has 0 aromatic heterocycles. The molecule has 5 heteroatoms. The first-order valence-electron chi connectivity index (χ1n) is 12.1. The third kappa shape index (κ3) is 3.79. The number of carbonyl (C=O) groups is 2. The van der Waals surface area contributed by atoms with Crippen LogP contribution in [0.2, 0.25) is 0 Å². The second-order valence-electron chi connectivity index (χ2n) is 10.9. The second-order valence-corrected chi connectivity index (χ2v) is 10.9. The van der Waals surface area contributed by atoms with Crippen LogP contribution in [-0.4, -0.2) is 52.8 Å². The molecule has 5 nitrogen and oxygen atoms in total. The van der Waals surface area contributed by atoms with Crippen LogP contribution in [0.3, 0.4) is 0 Å². The predicted octanol–water partition coefficient (Wildman–Crippen LogP) is 3.54. The van der Waals surface area contributed by atoms with E-state index in [1.165, 1.54) is 0 Å². The van der Waals surface area contributed by atoms with Crippen LogP contribution in [0.4, 0.5) is 0 Å². The molecule has 1 aromatic rings. The first-order valence-corrected chi connectivity index (χ1v) is 12.1. The molecule has 0 radical (unpaired) electrons. The third-order valence-corrected chi connectivity index (χ3v) is 7.77. The van der Waals surface area contributed by atoms with Crippen LogP contribution in [0.5, 0.6) is 0 Å². The van der Waals surface area contributed by atoms with Gasteiger partial charge in [0.1, 0.15) is 5.54 Å². The topological polar surface area (TPSA) is 52.7 Å². The highest BCUT2D eigenvalue weighted by Crippen LogP contribution is 2.57. The average molecular weight is 426 g/mol. The van der Waals surface area contributed by atoms with Crippen molar-refractivity contribution >= 4 is 11.8 Å². The maximum absolute atomic E-state index is 14.1. The van der Waals surface area contributed by atoms with Crippen LogP contribution >= 0.6 is 0 Å². The van der Waals surface area contributed by atoms with Crippen LogP contribution < -0.4 is 5.32 Å². The van der Waals surface area contributed by atoms with Gasteiger partial charge in [-0.2, -0.15) is 0 Å². The number of rotatable bonds is 7. The van der Waals surface area contributed by atoms with E-state index in [-0.39, 0.29) is 23.8 Å². The van der Waals surface area contributed by atoms with E-state index in [9.17, 15) is 9.59 Å². The lowest BCUT2D eigenvalue weighted by atomic mass is 9.56. The Morgan fingerprint density at radius 3 is 2.42 bits per heavy atom. The number of nitrogens with zero attached hydrogens (tertiary/aromatic N) is 2. The lowest BCUT2D eigenvalue weighted by Gasteiger charge is -2.61. The van der Waals surface area contributed by atoms with Crippen molar-refractivity contribution in [3.05, 3.63) is 35.9 Å². The maximum atomic E-state index is 14.1. The summed E-state index contributed by atoms with van der Waals surface area (Å²) < 4.78 is 0. The Labute approximate surface area is 187 Å². The van der Waals surface area contributed by atoms with Gasteiger partial charge in [0.05, 0.1) is 0 Å². The van der Waals surface area contributed by atoms with Crippen molar-refractivity contribution in [2.45, 2.75) is 65.6 Å². The van der Waals surface area contributed by atoms with Crippen LogP contribution in [0.1, 0.15) is 53.0 Å². The Kier molecular flexibility index (Phi) is 6.17. The number of piperidine rings is 2. The van der Waals surface area contributed by atoms with E-state index in [0.717, 1.165) is 38.0 Å². The van der Waals surface area contributed by atoms with Crippen LogP contribution in [0, 0.1) is 29.6 Å². The van der Waals surface area contributed by atoms with Gasteiger partial charge < -0.3 is 10.2 Å². The van der Waals surface area contributed by atoms with Gasteiger partial charge in [-0.3, -0.25) is 14.5 Å². The van der Waals surface area contributed by atoms with E-state index in [1.54, 1.807) is 6.92 Å². The second kappa shape index (κ2) is 8.57. The molecule has 3 aliphatic heterocycles. The van der Waals surface area contributed by atoms with Gasteiger partial charge in [-0.1, -0.05) is 58.0 Å². The summed E-state index contributed by atoms with van der Waals surface area (Å²) >= 11 is 0. The molecule has 1 saturated carbocycles. The number of carbonyl (C=O) groups excluding carboxylic acids is 2. The first kappa shape index (κ1) is 22.3. The fourth-order valence-electron chi connectivity index (χ4n) is 6.95. The normalized spacial score (nSPS) is 32.2. The molecular formula is C26H39N3O2. The van der Waals surface area contributed by atoms with Crippen molar-refractivity contribution < 1.29 is 9.59 Å². The zero-order chi connectivity index (χ0) is 22.3. The molecule has 0 spiro atoms. The fraction of sp³-hybridized carbons (Fsp3) is 0.692. The number of hydrogen-bond donors (Lipinski definition) is 1. The van der Waals surface area contributed by atoms with Gasteiger partial charge >= 0.3 is 0 Å². The average Bonchev–Trinajstić information content (AvgIpc) is 2.97. The quantitative estimate of drug-likeness (QED) is 0.727. The van der Waals surface area contributed by atoms with Gasteiger partial charge in [-0.05, 0) is 42.1 Å². The number of likely N-dealkylation sites (tertiary alicyclic amines) is 1. The Balaban J connectivity index is 1.72. The minimum atomic E-state index is -0.732. The number of nitrogens with one attached hydrogen (secondary N) is 1. The smallest absolute Gasteiger partial charge is 0.248 e. The standard InChI is InChI=1S/C26H39N3O2/c1-17(2)11-23-21-12-22-16-28(14-18(3)4)24(23)26(22,29(15-21)19(5)30)25(31)27-13-20-9-7-6-8-10-20/h6-10,17-18,21-24H,11-16H2,1-5H3,(H,27,31)/t21-,22-,23+,24-,26-/m0/s1. The van der Waals surface area contributed by atoms with E-state index in [1.807, 2.05) is 35.2 Å². The van der Waals surface area contributed by atoms with Crippen LogP contribution in [-0.2, 0) is 16.1 Å². The monoisotopic (exact) mass is 425 g/mol. The zero-order valence-corrected chi connectivity index (χ0v) is 19.8. The zero-order valence-electron chi connectivity index (χ0n) is 19.8. The Morgan fingerprint density at radius 2 is 1.81 bits per heavy atom. The summed E-state index contributed by atoms with van der Waals surface area (Å²) in [6.45, 7) is 13.9. The molecule has 4 bridgehead atoms. The van der Waals surface area contributed by atoms with Gasteiger partial charge in [0.2, 0.25) is 11.8 Å². The molecule has 5 rings (SSSR count). The molecule has 4 fully saturated rings. The molecule has 1 aromatic carbocycles. The fourth-order valence-corrected chi connectivity index (χ4v) is 6.95. The van der Waals surface area contributed by atoms with Crippen LogP contribution in [0.25, 0.3) is 0 Å². The Bertz CT molecular complexity index is 808. The summed E-state index contributed by atoms with van der Waals surface area (Å²) in [5.74, 6) is 2.41. The van der Waals surface area contributed by atoms with Crippen molar-refractivity contribution in [3.8, 4) is 0 Å². The molecule has 1 aliphatic carbocycles. The van der Waals surface area contributed by atoms with Crippen LogP contribution in [0.15, 0.2) is 30.3 Å². The van der Waals surface area contributed by atoms with E-state index >= 15 is 0 Å².